The molecular weight excluding hydrogens is 699 g/mol. The Morgan fingerprint density at radius 2 is 0.772 bits per heavy atom. The second-order valence-electron chi connectivity index (χ2n) is 14.4. The Morgan fingerprint density at radius 1 is 0.333 bits per heavy atom. The molecule has 0 N–H and O–H groups in total. The predicted molar refractivity (Wildman–Crippen MR) is 232 cm³/mol. The van der Waals surface area contributed by atoms with E-state index < -0.39 is 0 Å². The number of rotatable bonds is 5. The second-order valence-corrected chi connectivity index (χ2v) is 14.4. The molecule has 0 aliphatic heterocycles. The highest BCUT2D eigenvalue weighted by Gasteiger charge is 2.22. The van der Waals surface area contributed by atoms with Gasteiger partial charge in [-0.3, -0.25) is 0 Å². The van der Waals surface area contributed by atoms with E-state index in [0.717, 1.165) is 72.1 Å². The lowest BCUT2D eigenvalue weighted by atomic mass is 10.1. The van der Waals surface area contributed by atoms with Gasteiger partial charge in [-0.2, -0.15) is 0 Å². The number of hydrogen-bond donors (Lipinski definition) is 0. The molecule has 0 amide bonds. The fraction of sp³-hybridized carbons (Fsp3) is 0. The van der Waals surface area contributed by atoms with Crippen LogP contribution in [0.15, 0.2) is 192 Å². The zero-order valence-electron chi connectivity index (χ0n) is 30.5. The zero-order chi connectivity index (χ0) is 37.5. The third-order valence-corrected chi connectivity index (χ3v) is 11.2. The van der Waals surface area contributed by atoms with Crippen molar-refractivity contribution < 1.29 is 4.42 Å². The summed E-state index contributed by atoms with van der Waals surface area (Å²) in [7, 11) is 0. The minimum atomic E-state index is 0.582. The molecule has 8 aromatic carbocycles. The molecule has 0 fully saturated rings. The van der Waals surface area contributed by atoms with Crippen molar-refractivity contribution in [2.75, 3.05) is 0 Å². The molecule has 4 heterocycles. The van der Waals surface area contributed by atoms with Gasteiger partial charge in [0.1, 0.15) is 5.58 Å². The van der Waals surface area contributed by atoms with Crippen molar-refractivity contribution in [3.05, 3.63) is 188 Å². The number of furan rings is 1. The highest BCUT2D eigenvalue weighted by molar-refractivity contribution is 6.14. The van der Waals surface area contributed by atoms with Crippen molar-refractivity contribution in [1.82, 2.24) is 24.1 Å². The summed E-state index contributed by atoms with van der Waals surface area (Å²) >= 11 is 0. The molecule has 12 aromatic rings. The first-order chi connectivity index (χ1) is 28.3. The van der Waals surface area contributed by atoms with Crippen molar-refractivity contribution in [3.8, 4) is 45.5 Å². The fourth-order valence-corrected chi connectivity index (χ4v) is 8.60. The summed E-state index contributed by atoms with van der Waals surface area (Å²) < 4.78 is 11.8. The Kier molecular flexibility index (Phi) is 6.83. The third-order valence-electron chi connectivity index (χ3n) is 11.2. The van der Waals surface area contributed by atoms with Crippen LogP contribution in [-0.2, 0) is 0 Å². The minimum Gasteiger partial charge on any atom is -0.454 e. The monoisotopic (exact) mass is 729 g/mol. The van der Waals surface area contributed by atoms with E-state index >= 15 is 0 Å². The maximum absolute atomic E-state index is 7.04. The van der Waals surface area contributed by atoms with Crippen LogP contribution in [0.3, 0.4) is 0 Å². The van der Waals surface area contributed by atoms with Crippen LogP contribution in [0.2, 0.25) is 0 Å². The van der Waals surface area contributed by atoms with E-state index in [-0.39, 0.29) is 0 Å². The van der Waals surface area contributed by atoms with Gasteiger partial charge in [-0.1, -0.05) is 140 Å². The molecule has 0 bridgehead atoms. The average molecular weight is 730 g/mol. The van der Waals surface area contributed by atoms with Crippen molar-refractivity contribution in [1.29, 1.82) is 0 Å². The number of hydrogen-bond acceptors (Lipinski definition) is 4. The Balaban J connectivity index is 1.15. The van der Waals surface area contributed by atoms with Gasteiger partial charge in [0.05, 0.1) is 27.8 Å². The van der Waals surface area contributed by atoms with Crippen LogP contribution in [0, 0.1) is 0 Å². The van der Waals surface area contributed by atoms with Crippen LogP contribution in [0.25, 0.3) is 111 Å². The Hall–Kier alpha value is -7.83. The van der Waals surface area contributed by atoms with Gasteiger partial charge in [0.25, 0.3) is 0 Å². The topological polar surface area (TPSA) is 61.7 Å². The highest BCUT2D eigenvalue weighted by Crippen LogP contribution is 2.42. The Labute approximate surface area is 326 Å². The molecule has 6 heteroatoms. The van der Waals surface area contributed by atoms with Crippen LogP contribution in [-0.4, -0.2) is 24.1 Å². The molecule has 0 aliphatic rings. The molecule has 0 saturated heterocycles. The highest BCUT2D eigenvalue weighted by atomic mass is 16.3. The molecule has 0 saturated carbocycles. The van der Waals surface area contributed by atoms with Crippen LogP contribution in [0.5, 0.6) is 0 Å². The molecule has 4 aromatic heterocycles. The third kappa shape index (κ3) is 4.87. The summed E-state index contributed by atoms with van der Waals surface area (Å²) in [5.41, 5.74) is 10.8. The summed E-state index contributed by atoms with van der Waals surface area (Å²) in [6.45, 7) is 0. The zero-order valence-corrected chi connectivity index (χ0v) is 30.5. The molecule has 0 atom stereocenters. The quantitative estimate of drug-likeness (QED) is 0.177. The molecule has 0 radical (unpaired) electrons. The lowest BCUT2D eigenvalue weighted by Gasteiger charge is -2.14. The largest absolute Gasteiger partial charge is 0.454 e. The average Bonchev–Trinajstić information content (AvgIpc) is 3.94. The number of nitrogens with zero attached hydrogens (tertiary/aromatic N) is 5. The molecule has 0 spiro atoms. The van der Waals surface area contributed by atoms with Crippen molar-refractivity contribution >= 4 is 65.6 Å². The van der Waals surface area contributed by atoms with Gasteiger partial charge >= 0.3 is 0 Å². The Bertz CT molecular complexity index is 3360. The smallest absolute Gasteiger partial charge is 0.164 e. The lowest BCUT2D eigenvalue weighted by molar-refractivity contribution is 0.666. The molecule has 12 rings (SSSR count). The SMILES string of the molecule is c1ccc(-c2nc(-c3ccccc3)nc(-c3ccc4c(c3)oc3c(-n5c6ccccc6c6ccccc65)cc(-n5c6ccccc6c6ccccc65)cc34)n2)cc1. The molecule has 0 aliphatic carbocycles. The van der Waals surface area contributed by atoms with Gasteiger partial charge in [-0.25, -0.2) is 15.0 Å². The van der Waals surface area contributed by atoms with E-state index in [1.807, 2.05) is 60.7 Å². The first kappa shape index (κ1) is 31.5. The van der Waals surface area contributed by atoms with E-state index in [1.54, 1.807) is 0 Å². The maximum Gasteiger partial charge on any atom is 0.164 e. The van der Waals surface area contributed by atoms with Crippen molar-refractivity contribution in [2.45, 2.75) is 0 Å². The molecule has 57 heavy (non-hydrogen) atoms. The fourth-order valence-electron chi connectivity index (χ4n) is 8.60. The van der Waals surface area contributed by atoms with Crippen LogP contribution in [0.4, 0.5) is 0 Å². The van der Waals surface area contributed by atoms with E-state index in [2.05, 4.69) is 137 Å². The first-order valence-corrected chi connectivity index (χ1v) is 19.1. The van der Waals surface area contributed by atoms with Crippen molar-refractivity contribution in [2.24, 2.45) is 0 Å². The van der Waals surface area contributed by atoms with Gasteiger partial charge in [-0.05, 0) is 48.5 Å². The minimum absolute atomic E-state index is 0.582. The van der Waals surface area contributed by atoms with E-state index in [4.69, 9.17) is 19.4 Å². The Morgan fingerprint density at radius 3 is 1.28 bits per heavy atom. The molecule has 6 nitrogen and oxygen atoms in total. The summed E-state index contributed by atoms with van der Waals surface area (Å²) in [5.74, 6) is 1.82. The van der Waals surface area contributed by atoms with Gasteiger partial charge < -0.3 is 13.6 Å². The predicted octanol–water partition coefficient (Wildman–Crippen LogP) is 13.0. The van der Waals surface area contributed by atoms with Gasteiger partial charge in [0, 0.05) is 54.7 Å². The number of aromatic nitrogens is 5. The number of benzene rings is 8. The normalized spacial score (nSPS) is 11.9. The van der Waals surface area contributed by atoms with Crippen LogP contribution < -0.4 is 0 Å². The first-order valence-electron chi connectivity index (χ1n) is 19.1. The van der Waals surface area contributed by atoms with Crippen LogP contribution in [0.1, 0.15) is 0 Å². The molecule has 0 unspecified atom stereocenters. The van der Waals surface area contributed by atoms with E-state index in [9.17, 15) is 0 Å². The maximum atomic E-state index is 7.04. The standard InChI is InChI=1S/C51H31N5O/c1-3-15-32(16-4-1)49-52-50(33-17-5-2-6-18-33)54-51(53-49)34-27-28-40-41-30-35(55-42-23-11-7-19-36(42)37-20-8-12-24-43(37)55)31-46(48(41)57-47(40)29-34)56-44-25-13-9-21-38(44)39-22-10-14-26-45(39)56/h1-31H. The summed E-state index contributed by atoms with van der Waals surface area (Å²) in [4.78, 5) is 15.0. The van der Waals surface area contributed by atoms with Gasteiger partial charge in [-0.15, -0.1) is 0 Å². The number of fused-ring (bicyclic) bond motifs is 9. The molecule has 266 valence electrons. The summed E-state index contributed by atoms with van der Waals surface area (Å²) in [6.07, 6.45) is 0. The number of para-hydroxylation sites is 4. The summed E-state index contributed by atoms with van der Waals surface area (Å²) in [6, 6.07) is 65.6. The van der Waals surface area contributed by atoms with Gasteiger partial charge in [0.15, 0.2) is 23.1 Å². The van der Waals surface area contributed by atoms with Gasteiger partial charge in [0.2, 0.25) is 0 Å². The lowest BCUT2D eigenvalue weighted by Crippen LogP contribution is -2.00. The second kappa shape index (κ2) is 12.3. The summed E-state index contributed by atoms with van der Waals surface area (Å²) in [5, 5.41) is 6.86. The molecular formula is C51H31N5O. The van der Waals surface area contributed by atoms with Crippen molar-refractivity contribution in [3.63, 3.8) is 0 Å². The van der Waals surface area contributed by atoms with E-state index in [0.29, 0.717) is 17.5 Å². The van der Waals surface area contributed by atoms with Crippen LogP contribution >= 0.6 is 0 Å². The van der Waals surface area contributed by atoms with E-state index in [1.165, 1.54) is 21.5 Å².